The minimum absolute atomic E-state index is 0.108. The van der Waals surface area contributed by atoms with Crippen LogP contribution in [0.15, 0.2) is 63.5 Å². The number of methoxy groups -OCH3 is 1. The SMILES string of the molecule is COc1ccc(S(C)(=O)=O)c(S(=O)(=O)OC(CCON=C(N)N)Oc2ccccc2)c1. The lowest BCUT2D eigenvalue weighted by atomic mass is 10.3. The predicted octanol–water partition coefficient (Wildman–Crippen LogP) is 0.804. The molecule has 0 heterocycles. The van der Waals surface area contributed by atoms with E-state index in [9.17, 15) is 16.8 Å². The predicted molar refractivity (Wildman–Crippen MR) is 112 cm³/mol. The van der Waals surface area contributed by atoms with Gasteiger partial charge in [-0.25, -0.2) is 12.6 Å². The van der Waals surface area contributed by atoms with E-state index in [2.05, 4.69) is 5.16 Å². The van der Waals surface area contributed by atoms with E-state index in [0.717, 1.165) is 18.4 Å². The molecule has 0 radical (unpaired) electrons. The van der Waals surface area contributed by atoms with Crippen LogP contribution in [0.25, 0.3) is 0 Å². The molecule has 11 nitrogen and oxygen atoms in total. The van der Waals surface area contributed by atoms with Crippen molar-refractivity contribution in [2.75, 3.05) is 20.0 Å². The van der Waals surface area contributed by atoms with Crippen LogP contribution in [-0.4, -0.2) is 49.1 Å². The molecule has 0 amide bonds. The van der Waals surface area contributed by atoms with Crippen LogP contribution in [0.3, 0.4) is 0 Å². The smallest absolute Gasteiger partial charge is 0.301 e. The number of nitrogens with two attached hydrogens (primary N) is 2. The Morgan fingerprint density at radius 3 is 2.26 bits per heavy atom. The van der Waals surface area contributed by atoms with Crippen molar-refractivity contribution in [1.29, 1.82) is 0 Å². The van der Waals surface area contributed by atoms with Gasteiger partial charge in [0.05, 0.1) is 12.0 Å². The molecule has 0 bridgehead atoms. The van der Waals surface area contributed by atoms with Crippen molar-refractivity contribution < 1.29 is 35.3 Å². The van der Waals surface area contributed by atoms with Crippen molar-refractivity contribution in [3.63, 3.8) is 0 Å². The summed E-state index contributed by atoms with van der Waals surface area (Å²) >= 11 is 0. The van der Waals surface area contributed by atoms with E-state index in [1.807, 2.05) is 0 Å². The number of rotatable bonds is 11. The summed E-state index contributed by atoms with van der Waals surface area (Å²) in [5.41, 5.74) is 10.3. The van der Waals surface area contributed by atoms with E-state index < -0.39 is 36.0 Å². The number of ether oxygens (including phenoxy) is 2. The minimum Gasteiger partial charge on any atom is -0.497 e. The summed E-state index contributed by atoms with van der Waals surface area (Å²) in [5.74, 6) is 0.132. The molecule has 2 aromatic rings. The Hall–Kier alpha value is -3.03. The second-order valence-electron chi connectivity index (χ2n) is 6.13. The Morgan fingerprint density at radius 1 is 1.00 bits per heavy atom. The molecule has 13 heteroatoms. The minimum atomic E-state index is -4.60. The maximum absolute atomic E-state index is 13.0. The highest BCUT2D eigenvalue weighted by molar-refractivity contribution is 7.92. The number of benzene rings is 2. The molecule has 4 N–H and O–H groups in total. The number of sulfone groups is 1. The second-order valence-corrected chi connectivity index (χ2v) is 9.66. The van der Waals surface area contributed by atoms with Crippen LogP contribution >= 0.6 is 0 Å². The zero-order chi connectivity index (χ0) is 23.1. The zero-order valence-electron chi connectivity index (χ0n) is 16.8. The Balaban J connectivity index is 2.36. The number of nitrogens with zero attached hydrogens (tertiary/aromatic N) is 1. The third kappa shape index (κ3) is 7.31. The van der Waals surface area contributed by atoms with Gasteiger partial charge in [-0.2, -0.15) is 8.42 Å². The standard InChI is InChI=1S/C18H23N3O8S2/c1-26-14-8-9-15(30(2,22)23)16(12-14)31(24,25)29-17(10-11-27-21-18(19)20)28-13-6-4-3-5-7-13/h3-9,12,17H,10-11H2,1-2H3,(H4,19,20,21). The van der Waals surface area contributed by atoms with E-state index in [1.165, 1.54) is 13.2 Å². The topological polar surface area (TPSA) is 170 Å². The number of guanidine groups is 1. The highest BCUT2D eigenvalue weighted by atomic mass is 32.2. The average molecular weight is 474 g/mol. The summed E-state index contributed by atoms with van der Waals surface area (Å²) in [5, 5.41) is 3.34. The Labute approximate surface area is 180 Å². The first-order chi connectivity index (χ1) is 14.5. The molecule has 1 atom stereocenters. The summed E-state index contributed by atoms with van der Waals surface area (Å²) < 4.78 is 66.0. The quantitative estimate of drug-likeness (QED) is 0.119. The second kappa shape index (κ2) is 10.3. The summed E-state index contributed by atoms with van der Waals surface area (Å²) in [6.45, 7) is -0.151. The molecule has 0 saturated heterocycles. The van der Waals surface area contributed by atoms with Gasteiger partial charge in [-0.05, 0) is 29.4 Å². The van der Waals surface area contributed by atoms with Gasteiger partial charge in [-0.1, -0.05) is 18.2 Å². The Kier molecular flexibility index (Phi) is 8.08. The van der Waals surface area contributed by atoms with Gasteiger partial charge in [0, 0.05) is 18.7 Å². The maximum Gasteiger partial charge on any atom is 0.301 e. The van der Waals surface area contributed by atoms with Gasteiger partial charge < -0.3 is 25.8 Å². The third-order valence-corrected chi connectivity index (χ3v) is 6.31. The number of para-hydroxylation sites is 1. The van der Waals surface area contributed by atoms with Gasteiger partial charge in [0.25, 0.3) is 0 Å². The van der Waals surface area contributed by atoms with Crippen LogP contribution < -0.4 is 20.9 Å². The molecule has 0 spiro atoms. The van der Waals surface area contributed by atoms with Gasteiger partial charge in [0.1, 0.15) is 23.0 Å². The van der Waals surface area contributed by atoms with Crippen LogP contribution in [0, 0.1) is 0 Å². The van der Waals surface area contributed by atoms with Gasteiger partial charge in [-0.3, -0.25) is 0 Å². The van der Waals surface area contributed by atoms with Crippen LogP contribution in [0.5, 0.6) is 11.5 Å². The molecule has 0 aromatic heterocycles. The van der Waals surface area contributed by atoms with E-state index in [4.69, 9.17) is 30.0 Å². The lowest BCUT2D eigenvalue weighted by Gasteiger charge is -2.20. The largest absolute Gasteiger partial charge is 0.497 e. The molecule has 0 saturated carbocycles. The van der Waals surface area contributed by atoms with Gasteiger partial charge >= 0.3 is 10.1 Å². The highest BCUT2D eigenvalue weighted by Crippen LogP contribution is 2.29. The zero-order valence-corrected chi connectivity index (χ0v) is 18.4. The molecule has 31 heavy (non-hydrogen) atoms. The number of oxime groups is 1. The average Bonchev–Trinajstić information content (AvgIpc) is 2.70. The monoisotopic (exact) mass is 473 g/mol. The molecule has 2 rings (SSSR count). The molecule has 0 aliphatic carbocycles. The molecule has 0 aliphatic heterocycles. The van der Waals surface area contributed by atoms with Gasteiger partial charge in [-0.15, -0.1) is 0 Å². The summed E-state index contributed by atoms with van der Waals surface area (Å²) in [4.78, 5) is 3.84. The van der Waals surface area contributed by atoms with Crippen LogP contribution in [0.2, 0.25) is 0 Å². The summed E-state index contributed by atoms with van der Waals surface area (Å²) in [7, 11) is -7.18. The van der Waals surface area contributed by atoms with Crippen LogP contribution in [0.4, 0.5) is 0 Å². The maximum atomic E-state index is 13.0. The lowest BCUT2D eigenvalue weighted by molar-refractivity contribution is -0.0172. The van der Waals surface area contributed by atoms with Crippen molar-refractivity contribution in [3.8, 4) is 11.5 Å². The third-order valence-electron chi connectivity index (χ3n) is 3.68. The fourth-order valence-corrected chi connectivity index (χ4v) is 4.95. The van der Waals surface area contributed by atoms with Crippen molar-refractivity contribution in [2.24, 2.45) is 16.6 Å². The summed E-state index contributed by atoms with van der Waals surface area (Å²) in [6, 6.07) is 11.8. The summed E-state index contributed by atoms with van der Waals surface area (Å²) in [6.07, 6.45) is -0.599. The molecular formula is C18H23N3O8S2. The molecule has 0 fully saturated rings. The number of hydrogen-bond donors (Lipinski definition) is 2. The fourth-order valence-electron chi connectivity index (χ4n) is 2.36. The Bertz CT molecular complexity index is 1120. The van der Waals surface area contributed by atoms with Crippen molar-refractivity contribution >= 4 is 25.9 Å². The van der Waals surface area contributed by atoms with Gasteiger partial charge in [0.2, 0.25) is 12.2 Å². The molecular weight excluding hydrogens is 450 g/mol. The van der Waals surface area contributed by atoms with E-state index in [-0.39, 0.29) is 24.7 Å². The fraction of sp³-hybridized carbons (Fsp3) is 0.278. The highest BCUT2D eigenvalue weighted by Gasteiger charge is 2.30. The van der Waals surface area contributed by atoms with E-state index in [0.29, 0.717) is 5.75 Å². The molecule has 1 unspecified atom stereocenters. The Morgan fingerprint density at radius 2 is 1.68 bits per heavy atom. The number of hydrogen-bond acceptors (Lipinski definition) is 9. The van der Waals surface area contributed by atoms with E-state index >= 15 is 0 Å². The van der Waals surface area contributed by atoms with Crippen molar-refractivity contribution in [2.45, 2.75) is 22.5 Å². The first kappa shape index (κ1) is 24.2. The lowest BCUT2D eigenvalue weighted by Crippen LogP contribution is -2.27. The first-order valence-corrected chi connectivity index (χ1v) is 12.1. The molecule has 2 aromatic carbocycles. The molecule has 170 valence electrons. The molecule has 0 aliphatic rings. The van der Waals surface area contributed by atoms with E-state index in [1.54, 1.807) is 30.3 Å². The first-order valence-electron chi connectivity index (χ1n) is 8.77. The normalized spacial score (nSPS) is 12.6. The van der Waals surface area contributed by atoms with Crippen molar-refractivity contribution in [3.05, 3.63) is 48.5 Å². The van der Waals surface area contributed by atoms with Crippen LogP contribution in [0.1, 0.15) is 6.42 Å². The van der Waals surface area contributed by atoms with Crippen molar-refractivity contribution in [1.82, 2.24) is 0 Å². The van der Waals surface area contributed by atoms with Gasteiger partial charge in [0.15, 0.2) is 9.84 Å². The van der Waals surface area contributed by atoms with Crippen LogP contribution in [-0.2, 0) is 29.0 Å².